The minimum Gasteiger partial charge on any atom is -0.347 e. The molecule has 0 aromatic carbocycles. The fourth-order valence-corrected chi connectivity index (χ4v) is 1.71. The first-order chi connectivity index (χ1) is 8.58. The highest BCUT2D eigenvalue weighted by atomic mass is 35.5. The van der Waals surface area contributed by atoms with Crippen LogP contribution >= 0.6 is 12.4 Å². The Labute approximate surface area is 121 Å². The molecule has 0 aliphatic heterocycles. The number of halogens is 1. The van der Waals surface area contributed by atoms with Gasteiger partial charge < -0.3 is 11.1 Å². The van der Waals surface area contributed by atoms with Gasteiger partial charge in [-0.1, -0.05) is 33.6 Å². The summed E-state index contributed by atoms with van der Waals surface area (Å²) in [6.07, 6.45) is 3.09. The van der Waals surface area contributed by atoms with Gasteiger partial charge in [0, 0.05) is 18.3 Å². The number of nitrogens with one attached hydrogen (secondary N) is 2. The van der Waals surface area contributed by atoms with Crippen molar-refractivity contribution in [3.63, 3.8) is 0 Å². The van der Waals surface area contributed by atoms with Crippen molar-refractivity contribution in [2.75, 3.05) is 6.54 Å². The molecule has 0 saturated heterocycles. The Balaban J connectivity index is 0.00000324. The van der Waals surface area contributed by atoms with E-state index in [0.717, 1.165) is 25.0 Å². The SMILES string of the molecule is CCCCC(CN)NC(=O)c1cc(C(C)C)[nH]n1.Cl. The Kier molecular flexibility index (Phi) is 8.43. The molecule has 0 radical (unpaired) electrons. The minimum atomic E-state index is -0.148. The average Bonchev–Trinajstić information content (AvgIpc) is 2.83. The predicted molar refractivity (Wildman–Crippen MR) is 79.8 cm³/mol. The first-order valence-electron chi connectivity index (χ1n) is 6.64. The van der Waals surface area contributed by atoms with Gasteiger partial charge in [0.05, 0.1) is 0 Å². The van der Waals surface area contributed by atoms with Crippen molar-refractivity contribution in [2.45, 2.75) is 52.0 Å². The van der Waals surface area contributed by atoms with Crippen LogP contribution in [0.2, 0.25) is 0 Å². The molecular formula is C13H25ClN4O. The van der Waals surface area contributed by atoms with Gasteiger partial charge in [-0.05, 0) is 18.4 Å². The highest BCUT2D eigenvalue weighted by Crippen LogP contribution is 2.12. The Morgan fingerprint density at radius 3 is 2.68 bits per heavy atom. The zero-order valence-electron chi connectivity index (χ0n) is 11.9. The number of unbranched alkanes of at least 4 members (excludes halogenated alkanes) is 1. The zero-order chi connectivity index (χ0) is 13.5. The van der Waals surface area contributed by atoms with Crippen molar-refractivity contribution in [3.05, 3.63) is 17.5 Å². The third kappa shape index (κ3) is 5.61. The average molecular weight is 289 g/mol. The number of amides is 1. The van der Waals surface area contributed by atoms with Crippen LogP contribution in [0.4, 0.5) is 0 Å². The highest BCUT2D eigenvalue weighted by Gasteiger charge is 2.15. The van der Waals surface area contributed by atoms with Crippen molar-refractivity contribution >= 4 is 18.3 Å². The lowest BCUT2D eigenvalue weighted by Crippen LogP contribution is -2.40. The summed E-state index contributed by atoms with van der Waals surface area (Å²) in [5, 5.41) is 9.83. The van der Waals surface area contributed by atoms with E-state index in [1.807, 2.05) is 0 Å². The van der Waals surface area contributed by atoms with Gasteiger partial charge in [0.25, 0.3) is 5.91 Å². The molecule has 19 heavy (non-hydrogen) atoms. The summed E-state index contributed by atoms with van der Waals surface area (Å²) in [5.41, 5.74) is 7.06. The van der Waals surface area contributed by atoms with Gasteiger partial charge in [0.1, 0.15) is 5.69 Å². The predicted octanol–water partition coefficient (Wildman–Crippen LogP) is 2.20. The lowest BCUT2D eigenvalue weighted by Gasteiger charge is -2.15. The van der Waals surface area contributed by atoms with E-state index in [1.165, 1.54) is 0 Å². The molecule has 1 rings (SSSR count). The van der Waals surface area contributed by atoms with Crippen molar-refractivity contribution in [1.82, 2.24) is 15.5 Å². The molecule has 6 heteroatoms. The van der Waals surface area contributed by atoms with Gasteiger partial charge in [-0.25, -0.2) is 0 Å². The van der Waals surface area contributed by atoms with Gasteiger partial charge in [-0.2, -0.15) is 5.10 Å². The monoisotopic (exact) mass is 288 g/mol. The molecule has 5 nitrogen and oxygen atoms in total. The molecule has 0 fully saturated rings. The Hall–Kier alpha value is -1.07. The van der Waals surface area contributed by atoms with E-state index in [-0.39, 0.29) is 24.4 Å². The first kappa shape index (κ1) is 17.9. The molecule has 0 saturated carbocycles. The number of hydrogen-bond acceptors (Lipinski definition) is 3. The molecule has 0 spiro atoms. The molecule has 1 aromatic rings. The number of carbonyl (C=O) groups is 1. The van der Waals surface area contributed by atoms with E-state index >= 15 is 0 Å². The van der Waals surface area contributed by atoms with Crippen LogP contribution in [-0.4, -0.2) is 28.7 Å². The summed E-state index contributed by atoms with van der Waals surface area (Å²) in [4.78, 5) is 12.0. The van der Waals surface area contributed by atoms with E-state index < -0.39 is 0 Å². The maximum Gasteiger partial charge on any atom is 0.272 e. The van der Waals surface area contributed by atoms with Crippen LogP contribution < -0.4 is 11.1 Å². The summed E-state index contributed by atoms with van der Waals surface area (Å²) in [6, 6.07) is 1.84. The molecule has 110 valence electrons. The van der Waals surface area contributed by atoms with E-state index in [2.05, 4.69) is 36.3 Å². The molecule has 0 aliphatic rings. The Morgan fingerprint density at radius 2 is 2.21 bits per heavy atom. The number of rotatable bonds is 7. The third-order valence-corrected chi connectivity index (χ3v) is 2.98. The zero-order valence-corrected chi connectivity index (χ0v) is 12.7. The minimum absolute atomic E-state index is 0. The lowest BCUT2D eigenvalue weighted by molar-refractivity contribution is 0.0930. The molecular weight excluding hydrogens is 264 g/mol. The number of aromatic nitrogens is 2. The maximum atomic E-state index is 12.0. The van der Waals surface area contributed by atoms with Crippen LogP contribution in [-0.2, 0) is 0 Å². The van der Waals surface area contributed by atoms with Crippen molar-refractivity contribution in [3.8, 4) is 0 Å². The molecule has 4 N–H and O–H groups in total. The van der Waals surface area contributed by atoms with E-state index in [1.54, 1.807) is 6.07 Å². The van der Waals surface area contributed by atoms with E-state index in [4.69, 9.17) is 5.73 Å². The molecule has 0 bridgehead atoms. The second kappa shape index (κ2) is 8.93. The number of hydrogen-bond donors (Lipinski definition) is 3. The number of nitrogens with zero attached hydrogens (tertiary/aromatic N) is 1. The van der Waals surface area contributed by atoms with Crippen LogP contribution in [0.25, 0.3) is 0 Å². The third-order valence-electron chi connectivity index (χ3n) is 2.98. The number of nitrogens with two attached hydrogens (primary N) is 1. The van der Waals surface area contributed by atoms with Gasteiger partial charge >= 0.3 is 0 Å². The van der Waals surface area contributed by atoms with Crippen molar-refractivity contribution in [1.29, 1.82) is 0 Å². The number of aromatic amines is 1. The summed E-state index contributed by atoms with van der Waals surface area (Å²) < 4.78 is 0. The van der Waals surface area contributed by atoms with Gasteiger partial charge in [-0.15, -0.1) is 12.4 Å². The Morgan fingerprint density at radius 1 is 1.53 bits per heavy atom. The second-order valence-corrected chi connectivity index (χ2v) is 4.91. The van der Waals surface area contributed by atoms with Crippen LogP contribution in [0.15, 0.2) is 6.07 Å². The summed E-state index contributed by atoms with van der Waals surface area (Å²) >= 11 is 0. The number of H-pyrrole nitrogens is 1. The molecule has 1 heterocycles. The smallest absolute Gasteiger partial charge is 0.272 e. The van der Waals surface area contributed by atoms with E-state index in [0.29, 0.717) is 18.2 Å². The largest absolute Gasteiger partial charge is 0.347 e. The standard InChI is InChI=1S/C13H24N4O.ClH/c1-4-5-6-10(8-14)15-13(18)12-7-11(9(2)3)16-17-12;/h7,9-10H,4-6,8,14H2,1-3H3,(H,15,18)(H,16,17);1H. The fraction of sp³-hybridized carbons (Fsp3) is 0.692. The molecule has 1 amide bonds. The van der Waals surface area contributed by atoms with Crippen LogP contribution in [0, 0.1) is 0 Å². The van der Waals surface area contributed by atoms with Crippen molar-refractivity contribution in [2.24, 2.45) is 5.73 Å². The van der Waals surface area contributed by atoms with Crippen molar-refractivity contribution < 1.29 is 4.79 Å². The van der Waals surface area contributed by atoms with Crippen LogP contribution in [0.3, 0.4) is 0 Å². The lowest BCUT2D eigenvalue weighted by atomic mass is 10.1. The molecule has 0 aliphatic carbocycles. The fourth-order valence-electron chi connectivity index (χ4n) is 1.71. The van der Waals surface area contributed by atoms with Crippen LogP contribution in [0.5, 0.6) is 0 Å². The molecule has 1 atom stereocenters. The maximum absolute atomic E-state index is 12.0. The molecule has 1 unspecified atom stereocenters. The summed E-state index contributed by atoms with van der Waals surface area (Å²) in [5.74, 6) is 0.189. The number of carbonyl (C=O) groups excluding carboxylic acids is 1. The second-order valence-electron chi connectivity index (χ2n) is 4.91. The topological polar surface area (TPSA) is 83.8 Å². The normalized spacial score (nSPS) is 12.1. The Bertz CT molecular complexity index is 378. The highest BCUT2D eigenvalue weighted by molar-refractivity contribution is 5.92. The van der Waals surface area contributed by atoms with Crippen LogP contribution in [0.1, 0.15) is 62.1 Å². The van der Waals surface area contributed by atoms with E-state index in [9.17, 15) is 4.79 Å². The quantitative estimate of drug-likeness (QED) is 0.719. The first-order valence-corrected chi connectivity index (χ1v) is 6.64. The van der Waals surface area contributed by atoms with Gasteiger partial charge in [0.15, 0.2) is 0 Å². The van der Waals surface area contributed by atoms with Gasteiger partial charge in [-0.3, -0.25) is 9.89 Å². The summed E-state index contributed by atoms with van der Waals surface area (Å²) in [7, 11) is 0. The molecule has 1 aromatic heterocycles. The van der Waals surface area contributed by atoms with Gasteiger partial charge in [0.2, 0.25) is 0 Å². The summed E-state index contributed by atoms with van der Waals surface area (Å²) in [6.45, 7) is 6.70.